The summed E-state index contributed by atoms with van der Waals surface area (Å²) in [6.45, 7) is 4.12. The maximum absolute atomic E-state index is 11.9. The molecule has 2 rings (SSSR count). The third kappa shape index (κ3) is 3.93. The number of carbonyl (C=O) groups is 2. The number of rotatable bonds is 5. The van der Waals surface area contributed by atoms with Crippen LogP contribution in [0.15, 0.2) is 11.3 Å². The van der Waals surface area contributed by atoms with Gasteiger partial charge in [-0.3, -0.25) is 4.90 Å². The van der Waals surface area contributed by atoms with Crippen LogP contribution in [-0.2, 0) is 14.3 Å². The molecule has 0 bridgehead atoms. The number of esters is 1. The molecule has 0 aromatic rings. The fourth-order valence-corrected chi connectivity index (χ4v) is 2.35. The molecule has 0 aromatic carbocycles. The second-order valence-electron chi connectivity index (χ2n) is 4.87. The average molecular weight is 299 g/mol. The van der Waals surface area contributed by atoms with Crippen LogP contribution in [0.3, 0.4) is 0 Å². The fourth-order valence-electron chi connectivity index (χ4n) is 2.35. The number of carbonyl (C=O) groups excluding carboxylic acids is 2. The first-order valence-electron chi connectivity index (χ1n) is 7.02. The van der Waals surface area contributed by atoms with E-state index in [-0.39, 0.29) is 31.8 Å². The van der Waals surface area contributed by atoms with Gasteiger partial charge in [-0.1, -0.05) is 0 Å². The largest absolute Gasteiger partial charge is 0.463 e. The number of amides is 2. The number of nitrogens with one attached hydrogen (secondary N) is 2. The van der Waals surface area contributed by atoms with Gasteiger partial charge in [-0.2, -0.15) is 0 Å². The monoisotopic (exact) mass is 299 g/mol. The van der Waals surface area contributed by atoms with Crippen LogP contribution in [0.25, 0.3) is 0 Å². The van der Waals surface area contributed by atoms with Crippen LogP contribution in [0.5, 0.6) is 0 Å². The fraction of sp³-hybridized carbons (Fsp3) is 0.692. The zero-order valence-corrected chi connectivity index (χ0v) is 12.1. The molecule has 21 heavy (non-hydrogen) atoms. The SMILES string of the molecule is CCOC(=O)C1=C(CN2CCOCC2CO)NC(=O)NC1. The smallest absolute Gasteiger partial charge is 0.337 e. The van der Waals surface area contributed by atoms with E-state index in [1.165, 1.54) is 0 Å². The van der Waals surface area contributed by atoms with Gasteiger partial charge in [-0.25, -0.2) is 9.59 Å². The van der Waals surface area contributed by atoms with Crippen LogP contribution in [0.2, 0.25) is 0 Å². The van der Waals surface area contributed by atoms with Gasteiger partial charge in [-0.15, -0.1) is 0 Å². The summed E-state index contributed by atoms with van der Waals surface area (Å²) < 4.78 is 10.3. The molecule has 1 unspecified atom stereocenters. The summed E-state index contributed by atoms with van der Waals surface area (Å²) in [5.41, 5.74) is 0.942. The summed E-state index contributed by atoms with van der Waals surface area (Å²) in [6, 6.07) is -0.478. The summed E-state index contributed by atoms with van der Waals surface area (Å²) >= 11 is 0. The first kappa shape index (κ1) is 15.7. The van der Waals surface area contributed by atoms with Crippen LogP contribution in [-0.4, -0.2) is 74.1 Å². The Bertz CT molecular complexity index is 438. The first-order valence-corrected chi connectivity index (χ1v) is 7.02. The molecule has 3 N–H and O–H groups in total. The van der Waals surface area contributed by atoms with Gasteiger partial charge in [-0.05, 0) is 6.92 Å². The average Bonchev–Trinajstić information content (AvgIpc) is 2.48. The summed E-state index contributed by atoms with van der Waals surface area (Å²) in [6.07, 6.45) is 0. The Balaban J connectivity index is 2.14. The molecule has 0 spiro atoms. The standard InChI is InChI=1S/C13H21N3O5/c1-2-21-12(18)10-5-14-13(19)15-11(10)6-16-3-4-20-8-9(16)7-17/h9,17H,2-8H2,1H3,(H2,14,15,19). The molecular formula is C13H21N3O5. The highest BCUT2D eigenvalue weighted by atomic mass is 16.5. The lowest BCUT2D eigenvalue weighted by Crippen LogP contribution is -2.52. The minimum absolute atomic E-state index is 0.0335. The van der Waals surface area contributed by atoms with E-state index < -0.39 is 5.97 Å². The highest BCUT2D eigenvalue weighted by molar-refractivity contribution is 5.93. The third-order valence-electron chi connectivity index (χ3n) is 3.50. The van der Waals surface area contributed by atoms with Crippen LogP contribution >= 0.6 is 0 Å². The van der Waals surface area contributed by atoms with Gasteiger partial charge < -0.3 is 25.2 Å². The lowest BCUT2D eigenvalue weighted by atomic mass is 10.1. The predicted octanol–water partition coefficient (Wildman–Crippen LogP) is -1.19. The number of aliphatic hydroxyl groups is 1. The van der Waals surface area contributed by atoms with Gasteiger partial charge >= 0.3 is 12.0 Å². The van der Waals surface area contributed by atoms with Gasteiger partial charge in [0.15, 0.2) is 0 Å². The van der Waals surface area contributed by atoms with Crippen LogP contribution in [0.1, 0.15) is 6.92 Å². The van der Waals surface area contributed by atoms with Crippen molar-refractivity contribution < 1.29 is 24.2 Å². The number of urea groups is 1. The van der Waals surface area contributed by atoms with E-state index in [1.54, 1.807) is 6.92 Å². The Morgan fingerprint density at radius 1 is 1.57 bits per heavy atom. The van der Waals surface area contributed by atoms with E-state index >= 15 is 0 Å². The number of aliphatic hydroxyl groups excluding tert-OH is 1. The normalized spacial score (nSPS) is 23.5. The van der Waals surface area contributed by atoms with Gasteiger partial charge in [0.25, 0.3) is 0 Å². The van der Waals surface area contributed by atoms with E-state index in [2.05, 4.69) is 10.6 Å². The molecule has 2 aliphatic heterocycles. The molecule has 2 aliphatic rings. The van der Waals surface area contributed by atoms with Crippen molar-refractivity contribution in [2.75, 3.05) is 46.1 Å². The third-order valence-corrected chi connectivity index (χ3v) is 3.50. The van der Waals surface area contributed by atoms with Gasteiger partial charge in [0.2, 0.25) is 0 Å². The molecule has 1 atom stereocenters. The van der Waals surface area contributed by atoms with Crippen LogP contribution < -0.4 is 10.6 Å². The quantitative estimate of drug-likeness (QED) is 0.552. The predicted molar refractivity (Wildman–Crippen MR) is 73.5 cm³/mol. The molecule has 1 fully saturated rings. The van der Waals surface area contributed by atoms with Crippen molar-refractivity contribution in [2.24, 2.45) is 0 Å². The summed E-state index contributed by atoms with van der Waals surface area (Å²) in [4.78, 5) is 25.4. The Hall–Kier alpha value is -1.64. The van der Waals surface area contributed by atoms with E-state index in [1.807, 2.05) is 4.90 Å². The number of nitrogens with zero attached hydrogens (tertiary/aromatic N) is 1. The Morgan fingerprint density at radius 2 is 2.38 bits per heavy atom. The summed E-state index contributed by atoms with van der Waals surface area (Å²) in [7, 11) is 0. The molecule has 2 amide bonds. The van der Waals surface area contributed by atoms with Crippen molar-refractivity contribution in [3.05, 3.63) is 11.3 Å². The highest BCUT2D eigenvalue weighted by Crippen LogP contribution is 2.14. The maximum Gasteiger partial charge on any atom is 0.337 e. The van der Waals surface area contributed by atoms with Gasteiger partial charge in [0.05, 0.1) is 44.6 Å². The first-order chi connectivity index (χ1) is 10.2. The Morgan fingerprint density at radius 3 is 3.10 bits per heavy atom. The van der Waals surface area contributed by atoms with Crippen LogP contribution in [0.4, 0.5) is 4.79 Å². The van der Waals surface area contributed by atoms with Gasteiger partial charge in [0.1, 0.15) is 0 Å². The topological polar surface area (TPSA) is 100 Å². The molecule has 2 heterocycles. The molecule has 1 saturated heterocycles. The lowest BCUT2D eigenvalue weighted by Gasteiger charge is -2.36. The molecule has 118 valence electrons. The molecule has 8 nitrogen and oxygen atoms in total. The highest BCUT2D eigenvalue weighted by Gasteiger charge is 2.28. The number of ether oxygens (including phenoxy) is 2. The molecule has 0 radical (unpaired) electrons. The number of hydrogen-bond acceptors (Lipinski definition) is 6. The van der Waals surface area contributed by atoms with Crippen molar-refractivity contribution in [1.82, 2.24) is 15.5 Å². The Kier molecular flexibility index (Phi) is 5.54. The lowest BCUT2D eigenvalue weighted by molar-refractivity contribution is -0.138. The summed E-state index contributed by atoms with van der Waals surface area (Å²) in [5.74, 6) is -0.436. The van der Waals surface area contributed by atoms with Crippen LogP contribution in [0, 0.1) is 0 Å². The number of morpholine rings is 1. The van der Waals surface area contributed by atoms with E-state index in [0.29, 0.717) is 37.6 Å². The van der Waals surface area contributed by atoms with Crippen molar-refractivity contribution in [2.45, 2.75) is 13.0 Å². The van der Waals surface area contributed by atoms with Gasteiger partial charge in [0, 0.05) is 18.8 Å². The van der Waals surface area contributed by atoms with E-state index in [9.17, 15) is 14.7 Å². The van der Waals surface area contributed by atoms with Crippen molar-refractivity contribution in [1.29, 1.82) is 0 Å². The molecule has 8 heteroatoms. The molecule has 0 aliphatic carbocycles. The summed E-state index contributed by atoms with van der Waals surface area (Å²) in [5, 5.41) is 14.6. The van der Waals surface area contributed by atoms with Crippen molar-refractivity contribution in [3.8, 4) is 0 Å². The molecule has 0 saturated carbocycles. The van der Waals surface area contributed by atoms with Crippen molar-refractivity contribution >= 4 is 12.0 Å². The van der Waals surface area contributed by atoms with E-state index in [4.69, 9.17) is 9.47 Å². The zero-order chi connectivity index (χ0) is 15.2. The van der Waals surface area contributed by atoms with Crippen molar-refractivity contribution in [3.63, 3.8) is 0 Å². The maximum atomic E-state index is 11.9. The minimum atomic E-state index is -0.436. The zero-order valence-electron chi connectivity index (χ0n) is 12.1. The number of hydrogen-bond donors (Lipinski definition) is 3. The second-order valence-corrected chi connectivity index (χ2v) is 4.87. The molecule has 0 aromatic heterocycles. The minimum Gasteiger partial charge on any atom is -0.463 e. The Labute approximate surface area is 123 Å². The van der Waals surface area contributed by atoms with E-state index in [0.717, 1.165) is 0 Å². The molecular weight excluding hydrogens is 278 g/mol. The second kappa shape index (κ2) is 7.39.